The third-order valence-electron chi connectivity index (χ3n) is 3.60. The summed E-state index contributed by atoms with van der Waals surface area (Å²) in [4.78, 5) is 23.5. The van der Waals surface area contributed by atoms with Crippen molar-refractivity contribution in [1.82, 2.24) is 5.32 Å². The zero-order valence-corrected chi connectivity index (χ0v) is 13.0. The quantitative estimate of drug-likeness (QED) is 0.779. The van der Waals surface area contributed by atoms with Gasteiger partial charge in [-0.2, -0.15) is 13.2 Å². The van der Waals surface area contributed by atoms with Gasteiger partial charge in [0.15, 0.2) is 0 Å². The molecule has 2 rings (SSSR count). The molecule has 1 amide bonds. The summed E-state index contributed by atoms with van der Waals surface area (Å²) in [6.45, 7) is 1.17. The Balaban J connectivity index is 1.85. The molecule has 0 aromatic heterocycles. The lowest BCUT2D eigenvalue weighted by atomic mass is 10.2. The number of anilines is 1. The van der Waals surface area contributed by atoms with Crippen LogP contribution >= 0.6 is 0 Å². The molecule has 0 aliphatic carbocycles. The third kappa shape index (κ3) is 6.19. The zero-order valence-electron chi connectivity index (χ0n) is 13.0. The van der Waals surface area contributed by atoms with Gasteiger partial charge >= 0.3 is 12.1 Å². The number of esters is 1. The number of ether oxygens (including phenoxy) is 1. The fraction of sp³-hybridized carbons (Fsp3) is 0.500. The van der Waals surface area contributed by atoms with Crippen LogP contribution in [0.4, 0.5) is 18.9 Å². The molecule has 0 radical (unpaired) electrons. The van der Waals surface area contributed by atoms with Crippen LogP contribution in [0.25, 0.3) is 0 Å². The van der Waals surface area contributed by atoms with Crippen molar-refractivity contribution >= 4 is 17.6 Å². The molecule has 8 heteroatoms. The van der Waals surface area contributed by atoms with Crippen LogP contribution in [-0.2, 0) is 9.53 Å². The molecule has 0 saturated carbocycles. The number of halogens is 3. The van der Waals surface area contributed by atoms with E-state index in [1.165, 1.54) is 24.3 Å². The summed E-state index contributed by atoms with van der Waals surface area (Å²) >= 11 is 0. The van der Waals surface area contributed by atoms with Crippen molar-refractivity contribution in [3.8, 4) is 0 Å². The van der Waals surface area contributed by atoms with Crippen molar-refractivity contribution in [3.05, 3.63) is 29.8 Å². The Morgan fingerprint density at radius 1 is 1.33 bits per heavy atom. The largest absolute Gasteiger partial charge is 0.460 e. The smallest absolute Gasteiger partial charge is 0.389 e. The van der Waals surface area contributed by atoms with Crippen LogP contribution in [0.3, 0.4) is 0 Å². The van der Waals surface area contributed by atoms with Gasteiger partial charge in [-0.1, -0.05) is 6.07 Å². The standard InChI is InChI=1S/C16H19F3N2O3/c17-16(18,19)7-6-14(22)21-12-4-1-3-11(9-12)15(23)24-10-13-5-2-8-20-13/h1,3-4,9,13,20H,2,5-8,10H2,(H,21,22)/t13-/m0/s1. The molecule has 0 bridgehead atoms. The van der Waals surface area contributed by atoms with Gasteiger partial charge in [-0.25, -0.2) is 4.79 Å². The molecule has 2 N–H and O–H groups in total. The third-order valence-corrected chi connectivity index (χ3v) is 3.60. The average molecular weight is 344 g/mol. The summed E-state index contributed by atoms with van der Waals surface area (Å²) in [5.74, 6) is -1.29. The Labute approximate surface area is 137 Å². The molecule has 0 unspecified atom stereocenters. The highest BCUT2D eigenvalue weighted by Crippen LogP contribution is 2.22. The van der Waals surface area contributed by atoms with Gasteiger partial charge in [-0.05, 0) is 37.6 Å². The number of amides is 1. The number of benzene rings is 1. The van der Waals surface area contributed by atoms with E-state index in [-0.39, 0.29) is 23.9 Å². The van der Waals surface area contributed by atoms with Crippen LogP contribution in [0.2, 0.25) is 0 Å². The topological polar surface area (TPSA) is 67.4 Å². The van der Waals surface area contributed by atoms with Crippen LogP contribution in [0.5, 0.6) is 0 Å². The lowest BCUT2D eigenvalue weighted by molar-refractivity contribution is -0.142. The van der Waals surface area contributed by atoms with Crippen molar-refractivity contribution < 1.29 is 27.5 Å². The van der Waals surface area contributed by atoms with E-state index in [9.17, 15) is 22.8 Å². The second-order valence-corrected chi connectivity index (χ2v) is 5.64. The number of carbonyl (C=O) groups excluding carboxylic acids is 2. The van der Waals surface area contributed by atoms with E-state index in [1.54, 1.807) is 0 Å². The molecule has 24 heavy (non-hydrogen) atoms. The summed E-state index contributed by atoms with van der Waals surface area (Å²) in [6.07, 6.45) is -4.23. The summed E-state index contributed by atoms with van der Waals surface area (Å²) < 4.78 is 41.5. The first kappa shape index (κ1) is 18.3. The van der Waals surface area contributed by atoms with Crippen molar-refractivity contribution in [3.63, 3.8) is 0 Å². The highest BCUT2D eigenvalue weighted by atomic mass is 19.4. The Morgan fingerprint density at radius 3 is 2.79 bits per heavy atom. The van der Waals surface area contributed by atoms with Crippen LogP contribution in [0.1, 0.15) is 36.0 Å². The number of hydrogen-bond donors (Lipinski definition) is 2. The predicted molar refractivity (Wildman–Crippen MR) is 81.7 cm³/mol. The Bertz CT molecular complexity index is 584. The van der Waals surface area contributed by atoms with Gasteiger partial charge in [0.2, 0.25) is 5.91 Å². The first-order valence-electron chi connectivity index (χ1n) is 7.71. The van der Waals surface area contributed by atoms with E-state index in [2.05, 4.69) is 10.6 Å². The van der Waals surface area contributed by atoms with E-state index >= 15 is 0 Å². The molecule has 1 aromatic carbocycles. The van der Waals surface area contributed by atoms with E-state index in [0.717, 1.165) is 19.4 Å². The SMILES string of the molecule is O=C(CCC(F)(F)F)Nc1cccc(C(=O)OC[C@@H]2CCCN2)c1. The molecule has 5 nitrogen and oxygen atoms in total. The molecular formula is C16H19F3N2O3. The van der Waals surface area contributed by atoms with Gasteiger partial charge in [0.1, 0.15) is 6.61 Å². The second-order valence-electron chi connectivity index (χ2n) is 5.64. The van der Waals surface area contributed by atoms with Crippen molar-refractivity contribution in [2.45, 2.75) is 37.9 Å². The number of rotatable bonds is 6. The normalized spacial score (nSPS) is 17.5. The monoisotopic (exact) mass is 344 g/mol. The van der Waals surface area contributed by atoms with Gasteiger partial charge in [0, 0.05) is 18.2 Å². The number of hydrogen-bond acceptors (Lipinski definition) is 4. The molecular weight excluding hydrogens is 325 g/mol. The van der Waals surface area contributed by atoms with Crippen LogP contribution in [-0.4, -0.2) is 37.2 Å². The first-order chi connectivity index (χ1) is 11.3. The molecule has 1 aliphatic rings. The lowest BCUT2D eigenvalue weighted by Crippen LogP contribution is -2.28. The van der Waals surface area contributed by atoms with E-state index in [1.807, 2.05) is 0 Å². The summed E-state index contributed by atoms with van der Waals surface area (Å²) in [6, 6.07) is 6.09. The molecule has 1 heterocycles. The summed E-state index contributed by atoms with van der Waals surface area (Å²) in [5, 5.41) is 5.55. The minimum absolute atomic E-state index is 0.152. The second kappa shape index (κ2) is 8.14. The van der Waals surface area contributed by atoms with Gasteiger partial charge in [0.25, 0.3) is 0 Å². The summed E-state index contributed by atoms with van der Waals surface area (Å²) in [5.41, 5.74) is 0.497. The van der Waals surface area contributed by atoms with E-state index in [4.69, 9.17) is 4.74 Å². The molecule has 1 atom stereocenters. The van der Waals surface area contributed by atoms with Crippen LogP contribution < -0.4 is 10.6 Å². The van der Waals surface area contributed by atoms with Gasteiger partial charge in [-0.15, -0.1) is 0 Å². The van der Waals surface area contributed by atoms with Crippen molar-refractivity contribution in [2.24, 2.45) is 0 Å². The van der Waals surface area contributed by atoms with E-state index in [0.29, 0.717) is 0 Å². The Hall–Kier alpha value is -2.09. The fourth-order valence-electron chi connectivity index (χ4n) is 2.36. The van der Waals surface area contributed by atoms with Crippen LogP contribution in [0.15, 0.2) is 24.3 Å². The van der Waals surface area contributed by atoms with Gasteiger partial charge in [-0.3, -0.25) is 4.79 Å². The Kier molecular flexibility index (Phi) is 6.19. The molecule has 1 saturated heterocycles. The number of alkyl halides is 3. The zero-order chi connectivity index (χ0) is 17.6. The maximum atomic E-state index is 12.1. The van der Waals surface area contributed by atoms with Crippen LogP contribution in [0, 0.1) is 0 Å². The van der Waals surface area contributed by atoms with E-state index < -0.39 is 30.9 Å². The minimum Gasteiger partial charge on any atom is -0.460 e. The molecule has 132 valence electrons. The van der Waals surface area contributed by atoms with Gasteiger partial charge < -0.3 is 15.4 Å². The fourth-order valence-corrected chi connectivity index (χ4v) is 2.36. The number of carbonyl (C=O) groups is 2. The minimum atomic E-state index is -4.38. The maximum Gasteiger partial charge on any atom is 0.389 e. The first-order valence-corrected chi connectivity index (χ1v) is 7.71. The van der Waals surface area contributed by atoms with Gasteiger partial charge in [0.05, 0.1) is 12.0 Å². The average Bonchev–Trinajstić information content (AvgIpc) is 3.04. The van der Waals surface area contributed by atoms with Crippen molar-refractivity contribution in [1.29, 1.82) is 0 Å². The maximum absolute atomic E-state index is 12.1. The highest BCUT2D eigenvalue weighted by Gasteiger charge is 2.27. The Morgan fingerprint density at radius 2 is 2.12 bits per heavy atom. The molecule has 1 aromatic rings. The molecule has 0 spiro atoms. The highest BCUT2D eigenvalue weighted by molar-refractivity contribution is 5.94. The molecule has 1 fully saturated rings. The predicted octanol–water partition coefficient (Wildman–Crippen LogP) is 2.88. The lowest BCUT2D eigenvalue weighted by Gasteiger charge is -2.12. The molecule has 1 aliphatic heterocycles. The number of nitrogens with one attached hydrogen (secondary N) is 2. The summed E-state index contributed by atoms with van der Waals surface area (Å²) in [7, 11) is 0. The van der Waals surface area contributed by atoms with Crippen molar-refractivity contribution in [2.75, 3.05) is 18.5 Å².